The number of nitrogens with one attached hydrogen (secondary N) is 1. The fraction of sp³-hybridized carbons (Fsp3) is 0.333. The molecule has 2 aromatic rings. The largest absolute Gasteiger partial charge is 0.413 e. The summed E-state index contributed by atoms with van der Waals surface area (Å²) in [5.41, 5.74) is 10.9. The molecule has 0 bridgehead atoms. The molecule has 0 saturated carbocycles. The van der Waals surface area contributed by atoms with Gasteiger partial charge in [0.05, 0.1) is 12.6 Å². The molecule has 2 aromatic carbocycles. The van der Waals surface area contributed by atoms with Gasteiger partial charge in [-0.25, -0.2) is 4.79 Å². The topological polar surface area (TPSA) is 107 Å². The minimum Gasteiger partial charge on any atom is -0.410 e. The highest BCUT2D eigenvalue weighted by atomic mass is 16.6. The zero-order valence-corrected chi connectivity index (χ0v) is 16.4. The predicted molar refractivity (Wildman–Crippen MR) is 109 cm³/mol. The number of fused-ring (bicyclic) bond motifs is 1. The summed E-state index contributed by atoms with van der Waals surface area (Å²) in [7, 11) is 0. The molecule has 2 amide bonds. The summed E-state index contributed by atoms with van der Waals surface area (Å²) in [6.07, 6.45) is 0.465. The van der Waals surface area contributed by atoms with Gasteiger partial charge in [-0.05, 0) is 48.2 Å². The number of amides is 2. The average molecular weight is 393 g/mol. The highest BCUT2D eigenvalue weighted by Gasteiger charge is 2.33. The maximum atomic E-state index is 12.4. The van der Waals surface area contributed by atoms with Crippen LogP contribution in [0.1, 0.15) is 43.9 Å². The summed E-state index contributed by atoms with van der Waals surface area (Å²) < 4.78 is 5.39. The van der Waals surface area contributed by atoms with Crippen molar-refractivity contribution in [2.75, 3.05) is 4.90 Å². The Balaban J connectivity index is 1.71. The molecule has 1 aliphatic rings. The highest BCUT2D eigenvalue weighted by Crippen LogP contribution is 2.37. The molecule has 1 aliphatic heterocycles. The number of nitrogens with zero attached hydrogens (tertiary/aromatic N) is 4. The summed E-state index contributed by atoms with van der Waals surface area (Å²) in [5, 5.41) is 6.41. The number of ether oxygens (including phenoxy) is 1. The SMILES string of the molecule is CCC(=O)N1c2ccccc2[C@H](NC(=O)Oc2ccc(CN=[N+]=[N-])cc2)C[C@@H]1C. The quantitative estimate of drug-likeness (QED) is 0.445. The van der Waals surface area contributed by atoms with Crippen molar-refractivity contribution in [2.45, 2.75) is 45.3 Å². The fourth-order valence-electron chi connectivity index (χ4n) is 3.55. The van der Waals surface area contributed by atoms with Crippen LogP contribution < -0.4 is 15.0 Å². The van der Waals surface area contributed by atoms with E-state index in [0.717, 1.165) is 16.8 Å². The smallest absolute Gasteiger partial charge is 0.410 e. The fourth-order valence-corrected chi connectivity index (χ4v) is 3.55. The van der Waals surface area contributed by atoms with E-state index < -0.39 is 6.09 Å². The van der Waals surface area contributed by atoms with Crippen molar-refractivity contribution in [3.8, 4) is 5.75 Å². The molecular weight excluding hydrogens is 370 g/mol. The molecule has 3 rings (SSSR count). The average Bonchev–Trinajstić information content (AvgIpc) is 2.73. The lowest BCUT2D eigenvalue weighted by Crippen LogP contribution is -2.46. The van der Waals surface area contributed by atoms with Crippen LogP contribution in [0.15, 0.2) is 53.6 Å². The minimum atomic E-state index is -0.560. The van der Waals surface area contributed by atoms with Crippen molar-refractivity contribution in [1.82, 2.24) is 5.32 Å². The van der Waals surface area contributed by atoms with Gasteiger partial charge >= 0.3 is 6.09 Å². The monoisotopic (exact) mass is 393 g/mol. The van der Waals surface area contributed by atoms with Crippen LogP contribution in [0.3, 0.4) is 0 Å². The number of azide groups is 1. The first-order chi connectivity index (χ1) is 14.0. The van der Waals surface area contributed by atoms with Crippen molar-refractivity contribution in [1.29, 1.82) is 0 Å². The Hall–Kier alpha value is -3.51. The van der Waals surface area contributed by atoms with Gasteiger partial charge in [-0.2, -0.15) is 0 Å². The summed E-state index contributed by atoms with van der Waals surface area (Å²) in [6, 6.07) is 14.1. The zero-order valence-electron chi connectivity index (χ0n) is 16.4. The van der Waals surface area contributed by atoms with Crippen molar-refractivity contribution in [3.63, 3.8) is 0 Å². The van der Waals surface area contributed by atoms with Gasteiger partial charge < -0.3 is 15.0 Å². The maximum Gasteiger partial charge on any atom is 0.413 e. The summed E-state index contributed by atoms with van der Waals surface area (Å²) in [4.78, 5) is 29.4. The number of hydrogen-bond acceptors (Lipinski definition) is 4. The van der Waals surface area contributed by atoms with E-state index in [1.165, 1.54) is 0 Å². The van der Waals surface area contributed by atoms with Crippen molar-refractivity contribution in [3.05, 3.63) is 70.1 Å². The molecule has 0 saturated heterocycles. The molecule has 8 heteroatoms. The molecule has 0 aromatic heterocycles. The van der Waals surface area contributed by atoms with Gasteiger partial charge in [-0.15, -0.1) is 0 Å². The third-order valence-corrected chi connectivity index (χ3v) is 4.90. The van der Waals surface area contributed by atoms with Crippen molar-refractivity contribution < 1.29 is 14.3 Å². The molecule has 0 aliphatic carbocycles. The van der Waals surface area contributed by atoms with Gasteiger partial charge in [0.1, 0.15) is 5.75 Å². The molecule has 8 nitrogen and oxygen atoms in total. The van der Waals surface area contributed by atoms with Crippen LogP contribution in [-0.2, 0) is 11.3 Å². The van der Waals surface area contributed by atoms with E-state index in [0.29, 0.717) is 18.6 Å². The summed E-state index contributed by atoms with van der Waals surface area (Å²) in [5.74, 6) is 0.457. The molecule has 0 radical (unpaired) electrons. The molecule has 0 spiro atoms. The van der Waals surface area contributed by atoms with Crippen LogP contribution in [0.4, 0.5) is 10.5 Å². The van der Waals surface area contributed by atoms with E-state index in [-0.39, 0.29) is 24.5 Å². The van der Waals surface area contributed by atoms with Crippen LogP contribution in [-0.4, -0.2) is 18.0 Å². The number of carbonyl (C=O) groups is 2. The first-order valence-corrected chi connectivity index (χ1v) is 9.52. The van der Waals surface area contributed by atoms with E-state index in [1.54, 1.807) is 29.2 Å². The summed E-state index contributed by atoms with van der Waals surface area (Å²) in [6.45, 7) is 4.07. The van der Waals surface area contributed by atoms with Crippen molar-refractivity contribution >= 4 is 17.7 Å². The maximum absolute atomic E-state index is 12.4. The Morgan fingerprint density at radius 2 is 1.97 bits per heavy atom. The highest BCUT2D eigenvalue weighted by molar-refractivity contribution is 5.95. The summed E-state index contributed by atoms with van der Waals surface area (Å²) >= 11 is 0. The van der Waals surface area contributed by atoms with Gasteiger partial charge in [-0.1, -0.05) is 42.4 Å². The normalized spacial score (nSPS) is 17.7. The Morgan fingerprint density at radius 3 is 2.66 bits per heavy atom. The van der Waals surface area contributed by atoms with Gasteiger partial charge in [0.2, 0.25) is 5.91 Å². The van der Waals surface area contributed by atoms with Crippen LogP contribution in [0.25, 0.3) is 10.4 Å². The molecule has 1 N–H and O–H groups in total. The third-order valence-electron chi connectivity index (χ3n) is 4.90. The van der Waals surface area contributed by atoms with Gasteiger partial charge in [-0.3, -0.25) is 4.79 Å². The number of rotatable bonds is 5. The Kier molecular flexibility index (Phi) is 6.36. The number of hydrogen-bond donors (Lipinski definition) is 1. The van der Waals surface area contributed by atoms with E-state index in [9.17, 15) is 9.59 Å². The Labute approximate surface area is 169 Å². The predicted octanol–water partition coefficient (Wildman–Crippen LogP) is 4.86. The second kappa shape index (κ2) is 9.12. The molecule has 1 heterocycles. The van der Waals surface area contributed by atoms with E-state index in [1.807, 2.05) is 38.1 Å². The van der Waals surface area contributed by atoms with Crippen LogP contribution >= 0.6 is 0 Å². The van der Waals surface area contributed by atoms with E-state index in [2.05, 4.69) is 15.3 Å². The number of benzene rings is 2. The van der Waals surface area contributed by atoms with E-state index >= 15 is 0 Å². The molecule has 2 atom stereocenters. The lowest BCUT2D eigenvalue weighted by atomic mass is 9.91. The second-order valence-electron chi connectivity index (χ2n) is 6.88. The Bertz CT molecular complexity index is 938. The molecule has 0 fully saturated rings. The van der Waals surface area contributed by atoms with Crippen LogP contribution in [0.5, 0.6) is 5.75 Å². The molecule has 0 unspecified atom stereocenters. The van der Waals surface area contributed by atoms with Crippen LogP contribution in [0.2, 0.25) is 0 Å². The minimum absolute atomic E-state index is 0.0392. The van der Waals surface area contributed by atoms with Gasteiger partial charge in [0, 0.05) is 23.1 Å². The molecule has 150 valence electrons. The zero-order chi connectivity index (χ0) is 20.8. The first-order valence-electron chi connectivity index (χ1n) is 9.52. The Morgan fingerprint density at radius 1 is 1.24 bits per heavy atom. The van der Waals surface area contributed by atoms with E-state index in [4.69, 9.17) is 10.3 Å². The number of anilines is 1. The standard InChI is InChI=1S/C21H23N5O3/c1-3-20(27)26-14(2)12-18(17-6-4-5-7-19(17)26)24-21(28)29-16-10-8-15(9-11-16)13-23-25-22/h4-11,14,18H,3,12-13H2,1-2H3,(H,24,28)/t14-,18+/m0/s1. The third kappa shape index (κ3) is 4.67. The van der Waals surface area contributed by atoms with Crippen molar-refractivity contribution in [2.24, 2.45) is 5.11 Å². The second-order valence-corrected chi connectivity index (χ2v) is 6.88. The molecule has 29 heavy (non-hydrogen) atoms. The van der Waals surface area contributed by atoms with Gasteiger partial charge in [0.15, 0.2) is 0 Å². The lowest BCUT2D eigenvalue weighted by molar-refractivity contribution is -0.118. The van der Waals surface area contributed by atoms with Gasteiger partial charge in [0.25, 0.3) is 0 Å². The lowest BCUT2D eigenvalue weighted by Gasteiger charge is -2.39. The molecular formula is C21H23N5O3. The first kappa shape index (κ1) is 20.2. The number of para-hydroxylation sites is 1. The number of carbonyl (C=O) groups excluding carboxylic acids is 2. The van der Waals surface area contributed by atoms with Crippen LogP contribution in [0, 0.1) is 0 Å².